The average molecular weight is 346 g/mol. The molecule has 2 saturated heterocycles. The highest BCUT2D eigenvalue weighted by Gasteiger charge is 2.41. The second-order valence-electron chi connectivity index (χ2n) is 6.44. The summed E-state index contributed by atoms with van der Waals surface area (Å²) in [7, 11) is 0. The van der Waals surface area contributed by atoms with Crippen molar-refractivity contribution >= 4 is 17.2 Å². The van der Waals surface area contributed by atoms with Crippen LogP contribution >= 0.6 is 11.3 Å². The van der Waals surface area contributed by atoms with Crippen molar-refractivity contribution in [2.45, 2.75) is 50.6 Å². The monoisotopic (exact) mass is 346 g/mol. The van der Waals surface area contributed by atoms with E-state index >= 15 is 0 Å². The van der Waals surface area contributed by atoms with E-state index in [0.29, 0.717) is 12.6 Å². The van der Waals surface area contributed by atoms with Crippen LogP contribution in [-0.4, -0.2) is 35.6 Å². The number of hydrogen-bond acceptors (Lipinski definition) is 5. The van der Waals surface area contributed by atoms with Gasteiger partial charge in [0.2, 0.25) is 5.91 Å². The first kappa shape index (κ1) is 15.9. The number of furan rings is 1. The largest absolute Gasteiger partial charge is 0.468 e. The van der Waals surface area contributed by atoms with E-state index in [9.17, 15) is 4.79 Å². The van der Waals surface area contributed by atoms with Crippen molar-refractivity contribution in [1.29, 1.82) is 0 Å². The first-order chi connectivity index (χ1) is 11.8. The van der Waals surface area contributed by atoms with Gasteiger partial charge in [0.15, 0.2) is 0 Å². The van der Waals surface area contributed by atoms with E-state index in [4.69, 9.17) is 9.15 Å². The number of rotatable bonds is 5. The Morgan fingerprint density at radius 2 is 2.25 bits per heavy atom. The molecule has 2 aromatic heterocycles. The summed E-state index contributed by atoms with van der Waals surface area (Å²) in [5.41, 5.74) is 0. The van der Waals surface area contributed by atoms with E-state index in [1.165, 1.54) is 4.88 Å². The van der Waals surface area contributed by atoms with Crippen LogP contribution in [0.3, 0.4) is 0 Å². The molecule has 0 aromatic carbocycles. The molecule has 2 aliphatic heterocycles. The van der Waals surface area contributed by atoms with Gasteiger partial charge in [0, 0.05) is 17.5 Å². The van der Waals surface area contributed by atoms with E-state index in [0.717, 1.165) is 38.1 Å². The molecule has 0 spiro atoms. The van der Waals surface area contributed by atoms with Crippen molar-refractivity contribution in [3.63, 3.8) is 0 Å². The summed E-state index contributed by atoms with van der Waals surface area (Å²) < 4.78 is 11.6. The number of thiophene rings is 1. The third kappa shape index (κ3) is 3.41. The van der Waals surface area contributed by atoms with Crippen molar-refractivity contribution in [3.8, 4) is 0 Å². The molecule has 0 saturated carbocycles. The second-order valence-corrected chi connectivity index (χ2v) is 7.48. The molecule has 5 nitrogen and oxygen atoms in total. The lowest BCUT2D eigenvalue weighted by molar-refractivity contribution is -0.144. The maximum Gasteiger partial charge on any atom is 0.249 e. The summed E-state index contributed by atoms with van der Waals surface area (Å²) in [5, 5.41) is 5.02. The van der Waals surface area contributed by atoms with E-state index in [1.807, 2.05) is 29.6 Å². The molecule has 0 aliphatic carbocycles. The Bertz CT molecular complexity index is 656. The lowest BCUT2D eigenvalue weighted by Gasteiger charge is -2.35. The first-order valence-corrected chi connectivity index (χ1v) is 9.39. The molecule has 0 radical (unpaired) electrons. The Kier molecular flexibility index (Phi) is 4.69. The van der Waals surface area contributed by atoms with Crippen LogP contribution in [0.4, 0.5) is 0 Å². The minimum atomic E-state index is -0.310. The van der Waals surface area contributed by atoms with Gasteiger partial charge >= 0.3 is 0 Å². The lowest BCUT2D eigenvalue weighted by atomic mass is 9.98. The van der Waals surface area contributed by atoms with E-state index in [2.05, 4.69) is 10.2 Å². The Balaban J connectivity index is 1.29. The Morgan fingerprint density at radius 3 is 3.04 bits per heavy atom. The Morgan fingerprint density at radius 1 is 1.29 bits per heavy atom. The highest BCUT2D eigenvalue weighted by Crippen LogP contribution is 2.32. The molecule has 3 atom stereocenters. The zero-order chi connectivity index (χ0) is 16.4. The molecule has 1 N–H and O–H groups in total. The van der Waals surface area contributed by atoms with Crippen LogP contribution in [-0.2, 0) is 22.6 Å². The molecule has 2 fully saturated rings. The van der Waals surface area contributed by atoms with Gasteiger partial charge in [-0.05, 0) is 42.8 Å². The quantitative estimate of drug-likeness (QED) is 0.904. The molecule has 0 bridgehead atoms. The maximum atomic E-state index is 12.4. The van der Waals surface area contributed by atoms with Crippen LogP contribution in [0, 0.1) is 0 Å². The zero-order valence-corrected chi connectivity index (χ0v) is 14.3. The highest BCUT2D eigenvalue weighted by atomic mass is 32.1. The van der Waals surface area contributed by atoms with Gasteiger partial charge < -0.3 is 14.5 Å². The molecule has 2 aliphatic rings. The van der Waals surface area contributed by atoms with E-state index in [1.54, 1.807) is 17.6 Å². The van der Waals surface area contributed by atoms with Crippen LogP contribution < -0.4 is 5.32 Å². The van der Waals surface area contributed by atoms with Crippen LogP contribution in [0.25, 0.3) is 0 Å². The number of hydrogen-bond donors (Lipinski definition) is 1. The predicted molar refractivity (Wildman–Crippen MR) is 91.6 cm³/mol. The molecule has 4 rings (SSSR count). The molecular weight excluding hydrogens is 324 g/mol. The Hall–Kier alpha value is -1.63. The second kappa shape index (κ2) is 7.09. The standard InChI is InChI=1S/C18H22N2O3S/c21-18(19-11-14-4-2-10-24-14)17-6-5-15-16(23-17)7-8-20(15)12-13-3-1-9-22-13/h1-4,9-10,15-17H,5-8,11-12H2,(H,19,21)/t15-,16-,17+/m1/s1. The van der Waals surface area contributed by atoms with E-state index < -0.39 is 0 Å². The van der Waals surface area contributed by atoms with E-state index in [-0.39, 0.29) is 18.1 Å². The third-order valence-corrected chi connectivity index (χ3v) is 5.79. The number of amides is 1. The Labute approximate surface area is 145 Å². The fraction of sp³-hybridized carbons (Fsp3) is 0.500. The number of fused-ring (bicyclic) bond motifs is 1. The fourth-order valence-corrected chi connectivity index (χ4v) is 4.35. The smallest absolute Gasteiger partial charge is 0.249 e. The van der Waals surface area contributed by atoms with Gasteiger partial charge in [0.05, 0.1) is 25.5 Å². The fourth-order valence-electron chi connectivity index (χ4n) is 3.71. The van der Waals surface area contributed by atoms with Gasteiger partial charge in [-0.2, -0.15) is 0 Å². The number of likely N-dealkylation sites (tertiary alicyclic amines) is 1. The molecule has 2 aromatic rings. The van der Waals surface area contributed by atoms with Crippen LogP contribution in [0.1, 0.15) is 29.9 Å². The minimum Gasteiger partial charge on any atom is -0.468 e. The van der Waals surface area contributed by atoms with Crippen LogP contribution in [0.5, 0.6) is 0 Å². The highest BCUT2D eigenvalue weighted by molar-refractivity contribution is 7.09. The van der Waals surface area contributed by atoms with Crippen LogP contribution in [0.15, 0.2) is 40.3 Å². The van der Waals surface area contributed by atoms with Crippen molar-refractivity contribution in [2.75, 3.05) is 6.54 Å². The van der Waals surface area contributed by atoms with Crippen molar-refractivity contribution in [1.82, 2.24) is 10.2 Å². The number of nitrogens with zero attached hydrogens (tertiary/aromatic N) is 1. The SMILES string of the molecule is O=C(NCc1cccs1)[C@@H]1CC[C@@H]2[C@@H](CCN2Cc2ccco2)O1. The molecule has 128 valence electrons. The number of nitrogens with one attached hydrogen (secondary N) is 1. The molecular formula is C18H22N2O3S. The summed E-state index contributed by atoms with van der Waals surface area (Å²) in [6.45, 7) is 2.42. The molecule has 4 heterocycles. The first-order valence-electron chi connectivity index (χ1n) is 8.51. The number of carbonyl (C=O) groups excluding carboxylic acids is 1. The summed E-state index contributed by atoms with van der Waals surface area (Å²) in [4.78, 5) is 15.9. The van der Waals surface area contributed by atoms with Gasteiger partial charge in [0.1, 0.15) is 11.9 Å². The summed E-state index contributed by atoms with van der Waals surface area (Å²) in [5.74, 6) is 1.01. The molecule has 6 heteroatoms. The normalized spacial score (nSPS) is 27.1. The topological polar surface area (TPSA) is 54.7 Å². The van der Waals surface area contributed by atoms with Crippen molar-refractivity contribution < 1.29 is 13.9 Å². The summed E-state index contributed by atoms with van der Waals surface area (Å²) >= 11 is 1.66. The molecule has 24 heavy (non-hydrogen) atoms. The average Bonchev–Trinajstić information content (AvgIpc) is 3.35. The van der Waals surface area contributed by atoms with Gasteiger partial charge in [-0.3, -0.25) is 9.69 Å². The zero-order valence-electron chi connectivity index (χ0n) is 13.5. The molecule has 0 unspecified atom stereocenters. The summed E-state index contributed by atoms with van der Waals surface area (Å²) in [6, 6.07) is 8.37. The third-order valence-electron chi connectivity index (χ3n) is 4.91. The van der Waals surface area contributed by atoms with Gasteiger partial charge in [-0.1, -0.05) is 6.07 Å². The summed E-state index contributed by atoms with van der Waals surface area (Å²) in [6.07, 6.45) is 4.34. The predicted octanol–water partition coefficient (Wildman–Crippen LogP) is 2.78. The van der Waals surface area contributed by atoms with Crippen LogP contribution in [0.2, 0.25) is 0 Å². The minimum absolute atomic E-state index is 0.0198. The molecule has 1 amide bonds. The van der Waals surface area contributed by atoms with Crippen molar-refractivity contribution in [2.24, 2.45) is 0 Å². The van der Waals surface area contributed by atoms with Gasteiger partial charge in [-0.15, -0.1) is 11.3 Å². The number of carbonyl (C=O) groups is 1. The number of ether oxygens (including phenoxy) is 1. The van der Waals surface area contributed by atoms with Gasteiger partial charge in [0.25, 0.3) is 0 Å². The van der Waals surface area contributed by atoms with Crippen molar-refractivity contribution in [3.05, 3.63) is 46.5 Å². The van der Waals surface area contributed by atoms with Gasteiger partial charge in [-0.25, -0.2) is 0 Å². The lowest BCUT2D eigenvalue weighted by Crippen LogP contribution is -2.47. The maximum absolute atomic E-state index is 12.4.